The Labute approximate surface area is 156 Å². The number of anilines is 2. The molecule has 3 rings (SSSR count). The van der Waals surface area contributed by atoms with Crippen molar-refractivity contribution in [3.63, 3.8) is 0 Å². The molecule has 0 aliphatic carbocycles. The fourth-order valence-corrected chi connectivity index (χ4v) is 3.25. The van der Waals surface area contributed by atoms with Gasteiger partial charge in [-0.15, -0.1) is 0 Å². The maximum Gasteiger partial charge on any atom is 0.355 e. The third kappa shape index (κ3) is 4.13. The van der Waals surface area contributed by atoms with Crippen LogP contribution >= 0.6 is 0 Å². The lowest BCUT2D eigenvalue weighted by Crippen LogP contribution is -2.36. The van der Waals surface area contributed by atoms with Crippen molar-refractivity contribution in [3.05, 3.63) is 51.8 Å². The minimum atomic E-state index is -0.517. The smallest absolute Gasteiger partial charge is 0.350 e. The van der Waals surface area contributed by atoms with Gasteiger partial charge in [0.2, 0.25) is 11.6 Å². The number of hydrogen-bond donors (Lipinski definition) is 2. The van der Waals surface area contributed by atoms with E-state index in [4.69, 9.17) is 0 Å². The van der Waals surface area contributed by atoms with E-state index in [0.717, 1.165) is 18.4 Å². The van der Waals surface area contributed by atoms with Gasteiger partial charge < -0.3 is 4.90 Å². The molecule has 0 spiro atoms. The monoisotopic (exact) mass is 370 g/mol. The van der Waals surface area contributed by atoms with E-state index in [1.807, 2.05) is 24.0 Å². The molecule has 1 saturated heterocycles. The summed E-state index contributed by atoms with van der Waals surface area (Å²) >= 11 is 0. The van der Waals surface area contributed by atoms with Gasteiger partial charge in [0, 0.05) is 18.7 Å². The van der Waals surface area contributed by atoms with Gasteiger partial charge in [0.15, 0.2) is 0 Å². The Bertz CT molecular complexity index is 857. The first kappa shape index (κ1) is 18.6. The molecule has 1 aliphatic heterocycles. The average molecular weight is 370 g/mol. The molecule has 1 fully saturated rings. The Balaban J connectivity index is 1.83. The highest BCUT2D eigenvalue weighted by molar-refractivity contribution is 5.96. The average Bonchev–Trinajstić information content (AvgIpc) is 2.66. The molecular weight excluding hydrogens is 348 g/mol. The summed E-state index contributed by atoms with van der Waals surface area (Å²) in [6.45, 7) is 5.34. The molecule has 27 heavy (non-hydrogen) atoms. The van der Waals surface area contributed by atoms with Crippen molar-refractivity contribution in [2.24, 2.45) is 5.92 Å². The van der Waals surface area contributed by atoms with Crippen LogP contribution in [-0.2, 0) is 0 Å². The van der Waals surface area contributed by atoms with Crippen molar-refractivity contribution in [1.82, 2.24) is 15.4 Å². The molecule has 1 aromatic carbocycles. The largest absolute Gasteiger partial charge is 0.355 e. The van der Waals surface area contributed by atoms with Gasteiger partial charge in [-0.3, -0.25) is 25.8 Å². The first-order valence-electron chi connectivity index (χ1n) is 8.83. The van der Waals surface area contributed by atoms with Crippen molar-refractivity contribution in [1.29, 1.82) is 0 Å². The summed E-state index contributed by atoms with van der Waals surface area (Å²) in [7, 11) is 0. The second-order valence-corrected chi connectivity index (χ2v) is 6.74. The lowest BCUT2D eigenvalue weighted by molar-refractivity contribution is -0.383. The van der Waals surface area contributed by atoms with Gasteiger partial charge in [0.25, 0.3) is 5.91 Å². The number of carbonyl (C=O) groups excluding carboxylic acids is 1. The van der Waals surface area contributed by atoms with Crippen molar-refractivity contribution in [2.75, 3.05) is 23.4 Å². The Morgan fingerprint density at radius 2 is 2.11 bits per heavy atom. The topological polar surface area (TPSA) is 113 Å². The molecule has 1 amide bonds. The highest BCUT2D eigenvalue weighted by Gasteiger charge is 2.29. The zero-order valence-corrected chi connectivity index (χ0v) is 15.3. The highest BCUT2D eigenvalue weighted by atomic mass is 16.6. The van der Waals surface area contributed by atoms with Gasteiger partial charge in [-0.25, -0.2) is 9.97 Å². The van der Waals surface area contributed by atoms with Gasteiger partial charge in [-0.1, -0.05) is 25.1 Å². The number of hydrogen-bond acceptors (Lipinski definition) is 7. The summed E-state index contributed by atoms with van der Waals surface area (Å²) in [5.74, 6) is 0.277. The number of benzene rings is 1. The molecular formula is C18H22N6O3. The fraction of sp³-hybridized carbons (Fsp3) is 0.389. The zero-order chi connectivity index (χ0) is 19.4. The number of hydrazine groups is 1. The van der Waals surface area contributed by atoms with E-state index in [2.05, 4.69) is 27.7 Å². The van der Waals surface area contributed by atoms with Crippen molar-refractivity contribution in [2.45, 2.75) is 26.7 Å². The van der Waals surface area contributed by atoms with Gasteiger partial charge in [0.1, 0.15) is 6.33 Å². The van der Waals surface area contributed by atoms with Gasteiger partial charge in [-0.05, 0) is 37.3 Å². The number of rotatable bonds is 5. The number of aromatic nitrogens is 2. The number of piperidine rings is 1. The summed E-state index contributed by atoms with van der Waals surface area (Å²) in [4.78, 5) is 33.5. The van der Waals surface area contributed by atoms with Crippen LogP contribution in [0.25, 0.3) is 0 Å². The van der Waals surface area contributed by atoms with Crippen LogP contribution in [-0.4, -0.2) is 33.9 Å². The number of nitrogens with zero attached hydrogens (tertiary/aromatic N) is 4. The third-order valence-electron chi connectivity index (χ3n) is 4.63. The molecule has 2 aromatic rings. The number of nitro groups is 1. The normalized spacial score (nSPS) is 16.7. The second kappa shape index (κ2) is 7.98. The van der Waals surface area contributed by atoms with E-state index in [1.165, 1.54) is 6.33 Å². The molecule has 1 aliphatic rings. The van der Waals surface area contributed by atoms with E-state index in [0.29, 0.717) is 24.6 Å². The van der Waals surface area contributed by atoms with Gasteiger partial charge in [-0.2, -0.15) is 0 Å². The van der Waals surface area contributed by atoms with Gasteiger partial charge in [0.05, 0.1) is 4.92 Å². The van der Waals surface area contributed by atoms with E-state index < -0.39 is 10.8 Å². The molecule has 1 unspecified atom stereocenters. The number of aryl methyl sites for hydroxylation is 1. The van der Waals surface area contributed by atoms with Crippen LogP contribution < -0.4 is 15.8 Å². The minimum Gasteiger partial charge on any atom is -0.350 e. The Morgan fingerprint density at radius 3 is 2.81 bits per heavy atom. The molecule has 0 saturated carbocycles. The Hall–Kier alpha value is -3.23. The SMILES string of the molecule is Cc1ccccc1C(=O)NNc1ncnc(N2CCCC(C)C2)c1[N+](=O)[O-]. The van der Waals surface area contributed by atoms with Gasteiger partial charge >= 0.3 is 5.69 Å². The quantitative estimate of drug-likeness (QED) is 0.614. The summed E-state index contributed by atoms with van der Waals surface area (Å²) in [6.07, 6.45) is 3.31. The summed E-state index contributed by atoms with van der Waals surface area (Å²) < 4.78 is 0. The molecule has 0 bridgehead atoms. The maximum absolute atomic E-state index is 12.4. The molecule has 1 atom stereocenters. The van der Waals surface area contributed by atoms with Crippen molar-refractivity contribution in [3.8, 4) is 0 Å². The van der Waals surface area contributed by atoms with Crippen LogP contribution in [0.3, 0.4) is 0 Å². The molecule has 9 nitrogen and oxygen atoms in total. The first-order valence-corrected chi connectivity index (χ1v) is 8.83. The Kier molecular flexibility index (Phi) is 5.49. The standard InChI is InChI=1S/C18H22N6O3/c1-12-6-5-9-23(10-12)17-15(24(26)27)16(19-11-20-17)21-22-18(25)14-8-4-3-7-13(14)2/h3-4,7-8,11-12H,5-6,9-10H2,1-2H3,(H,22,25)(H,19,20,21). The molecule has 2 heterocycles. The van der Waals surface area contributed by atoms with E-state index in [9.17, 15) is 14.9 Å². The van der Waals surface area contributed by atoms with E-state index in [-0.39, 0.29) is 17.3 Å². The molecule has 1 aromatic heterocycles. The number of nitrogens with one attached hydrogen (secondary N) is 2. The molecule has 0 radical (unpaired) electrons. The lowest BCUT2D eigenvalue weighted by Gasteiger charge is -2.31. The summed E-state index contributed by atoms with van der Waals surface area (Å²) in [5, 5.41) is 11.7. The second-order valence-electron chi connectivity index (χ2n) is 6.74. The van der Waals surface area contributed by atoms with Crippen LogP contribution in [0.1, 0.15) is 35.7 Å². The number of carbonyl (C=O) groups is 1. The third-order valence-corrected chi connectivity index (χ3v) is 4.63. The predicted octanol–water partition coefficient (Wildman–Crippen LogP) is 2.69. The molecule has 142 valence electrons. The Morgan fingerprint density at radius 1 is 1.33 bits per heavy atom. The summed E-state index contributed by atoms with van der Waals surface area (Å²) in [5.41, 5.74) is 6.12. The van der Waals surface area contributed by atoms with Crippen molar-refractivity contribution >= 4 is 23.2 Å². The van der Waals surface area contributed by atoms with Crippen LogP contribution in [0.5, 0.6) is 0 Å². The van der Waals surface area contributed by atoms with E-state index in [1.54, 1.807) is 12.1 Å². The van der Waals surface area contributed by atoms with E-state index >= 15 is 0 Å². The van der Waals surface area contributed by atoms with Crippen LogP contribution in [0.2, 0.25) is 0 Å². The van der Waals surface area contributed by atoms with Crippen LogP contribution in [0, 0.1) is 23.0 Å². The predicted molar refractivity (Wildman–Crippen MR) is 102 cm³/mol. The maximum atomic E-state index is 12.4. The molecule has 2 N–H and O–H groups in total. The summed E-state index contributed by atoms with van der Waals surface area (Å²) in [6, 6.07) is 7.09. The van der Waals surface area contributed by atoms with Crippen LogP contribution in [0.15, 0.2) is 30.6 Å². The lowest BCUT2D eigenvalue weighted by atomic mass is 10.0. The first-order chi connectivity index (χ1) is 13.0. The molecule has 9 heteroatoms. The zero-order valence-electron chi connectivity index (χ0n) is 15.3. The highest BCUT2D eigenvalue weighted by Crippen LogP contribution is 2.33. The minimum absolute atomic E-state index is 0.0369. The number of amides is 1. The fourth-order valence-electron chi connectivity index (χ4n) is 3.25. The van der Waals surface area contributed by atoms with Crippen LogP contribution in [0.4, 0.5) is 17.3 Å². The van der Waals surface area contributed by atoms with Crippen molar-refractivity contribution < 1.29 is 9.72 Å².